The number of aryl methyl sites for hydroxylation is 7. The Morgan fingerprint density at radius 1 is 0.462 bits per heavy atom. The fraction of sp³-hybridized carbons (Fsp3) is 0.265. The molecule has 8 heterocycles. The molecule has 4 aromatic heterocycles. The third-order valence-corrected chi connectivity index (χ3v) is 19.9. The van der Waals surface area contributed by atoms with Gasteiger partial charge in [0.1, 0.15) is 34.3 Å². The summed E-state index contributed by atoms with van der Waals surface area (Å²) in [4.78, 5) is 112. The van der Waals surface area contributed by atoms with E-state index < -0.39 is 11.9 Å². The summed E-state index contributed by atoms with van der Waals surface area (Å²) in [5, 5.41) is 11.6. The summed E-state index contributed by atoms with van der Waals surface area (Å²) in [6.07, 6.45) is 13.7. The molecule has 0 aliphatic carbocycles. The number of fused-ring (bicyclic) bond motifs is 6. The van der Waals surface area contributed by atoms with Gasteiger partial charge in [0.05, 0.1) is 56.1 Å². The molecule has 10 aromatic rings. The van der Waals surface area contributed by atoms with E-state index in [2.05, 4.69) is 51.6 Å². The standard InChI is InChI=1S/C42H43N5O6.C41H40N6O6/c1-26-18-35-29(13-16-34-19-28-8-5-6-9-30(28)24-47(34)41(35)50)21-38(26)53-17-7-10-39(48)43-33-22-36(46(3)25-33)40(49)44-32-14-11-27(12-15-32)31-20-37(42(51)52-4)45(2)23-31;1-25-16-33-34(42-21-32-17-27-8-5-6-9-28(27)23-47(32)40(33)50)20-37(25)53-15-7-10-38(48)43-31-19-35(46(3)24-31)39(49)44-30-13-11-26(12-14-30)29-18-36(41(51)52-4)45(2)22-29/h5-6,8-9,11-12,14-15,18,20-23,25,34H,7,10,13,16-17,19,24H2,1-4H3,(H,43,48)(H,44,49);5-6,8-9,11-14,16,18-22,24,32H,7,10,15,17,23H2,1-4H3,(H,43,48)(H,44,49)/t34-;32-/m10/s1. The van der Waals surface area contributed by atoms with Gasteiger partial charge in [-0.1, -0.05) is 72.8 Å². The number of benzene rings is 6. The molecule has 0 radical (unpaired) electrons. The molecule has 0 spiro atoms. The Morgan fingerprint density at radius 3 is 1.42 bits per heavy atom. The highest BCUT2D eigenvalue weighted by Gasteiger charge is 2.36. The van der Waals surface area contributed by atoms with Crippen LogP contribution in [0, 0.1) is 13.8 Å². The lowest BCUT2D eigenvalue weighted by molar-refractivity contribution is -0.117. The fourth-order valence-corrected chi connectivity index (χ4v) is 14.1. The largest absolute Gasteiger partial charge is 0.493 e. The molecular weight excluding hydrogens is 1340 g/mol. The zero-order valence-corrected chi connectivity index (χ0v) is 60.4. The van der Waals surface area contributed by atoms with Crippen LogP contribution < -0.4 is 30.7 Å². The highest BCUT2D eigenvalue weighted by Crippen LogP contribution is 2.38. The van der Waals surface area contributed by atoms with E-state index in [9.17, 15) is 38.4 Å². The molecule has 106 heavy (non-hydrogen) atoms. The zero-order valence-electron chi connectivity index (χ0n) is 60.4. The van der Waals surface area contributed by atoms with Gasteiger partial charge in [0, 0.05) is 125 Å². The van der Waals surface area contributed by atoms with Gasteiger partial charge in [-0.3, -0.25) is 33.8 Å². The number of hydrogen-bond acceptors (Lipinski definition) is 13. The van der Waals surface area contributed by atoms with Gasteiger partial charge >= 0.3 is 11.9 Å². The van der Waals surface area contributed by atoms with E-state index in [1.165, 1.54) is 30.9 Å². The van der Waals surface area contributed by atoms with Crippen molar-refractivity contribution in [2.24, 2.45) is 33.2 Å². The van der Waals surface area contributed by atoms with Crippen molar-refractivity contribution in [1.82, 2.24) is 28.1 Å². The van der Waals surface area contributed by atoms with E-state index in [1.54, 1.807) is 113 Å². The van der Waals surface area contributed by atoms with Gasteiger partial charge in [0.15, 0.2) is 0 Å². The monoisotopic (exact) mass is 1430 g/mol. The number of methoxy groups -OCH3 is 2. The minimum Gasteiger partial charge on any atom is -0.493 e. The third-order valence-electron chi connectivity index (χ3n) is 19.9. The number of nitrogens with zero attached hydrogens (tertiary/aromatic N) is 7. The van der Waals surface area contributed by atoms with E-state index in [0.717, 1.165) is 81.5 Å². The number of aromatic nitrogens is 4. The number of carbonyl (C=O) groups is 8. The Hall–Kier alpha value is -12.5. The van der Waals surface area contributed by atoms with Crippen LogP contribution in [0.2, 0.25) is 0 Å². The number of esters is 2. The molecule has 0 saturated heterocycles. The van der Waals surface area contributed by atoms with E-state index in [0.29, 0.717) is 102 Å². The van der Waals surface area contributed by atoms with Gasteiger partial charge < -0.3 is 68.3 Å². The van der Waals surface area contributed by atoms with Crippen LogP contribution in [0.1, 0.15) is 134 Å². The van der Waals surface area contributed by atoms with Crippen molar-refractivity contribution in [3.05, 3.63) is 243 Å². The van der Waals surface area contributed by atoms with Crippen molar-refractivity contribution in [2.45, 2.75) is 90.4 Å². The SMILES string of the molecule is COC(=O)c1cc(-c2ccc(NC(=O)c3cc(NC(=O)CCCOc4cc5c(cc4C)C(=O)N4Cc6ccccc6C[C@H]4C=N5)cn3C)cc2)cn1C.COC(=O)c1cc(-c2ccc(NC(=O)c3cc(NC(=O)CCCOc4cc5c(cc4C)C(=O)N4Cc6ccccc6C[C@H]4CC5)cn3C)cc2)cn1C. The van der Waals surface area contributed by atoms with Crippen LogP contribution in [0.15, 0.2) is 175 Å². The molecule has 23 nitrogen and oxygen atoms in total. The molecule has 4 aliphatic heterocycles. The van der Waals surface area contributed by atoms with Gasteiger partial charge in [-0.05, 0) is 169 Å². The number of ether oxygens (including phenoxy) is 4. The molecular formula is C83H83N11O12. The fourth-order valence-electron chi connectivity index (χ4n) is 14.1. The Balaban J connectivity index is 0.000000188. The van der Waals surface area contributed by atoms with E-state index >= 15 is 0 Å². The number of rotatable bonds is 20. The lowest BCUT2D eigenvalue weighted by atomic mass is 9.92. The normalized spacial score (nSPS) is 14.6. The van der Waals surface area contributed by atoms with Crippen LogP contribution in [0.25, 0.3) is 22.3 Å². The van der Waals surface area contributed by atoms with Gasteiger partial charge in [0.2, 0.25) is 11.8 Å². The molecule has 6 amide bonds. The Kier molecular flexibility index (Phi) is 21.1. The summed E-state index contributed by atoms with van der Waals surface area (Å²) >= 11 is 0. The first kappa shape index (κ1) is 71.8. The molecule has 0 fully saturated rings. The van der Waals surface area contributed by atoms with Crippen LogP contribution in [0.5, 0.6) is 11.5 Å². The zero-order chi connectivity index (χ0) is 74.4. The highest BCUT2D eigenvalue weighted by molar-refractivity contribution is 6.07. The second kappa shape index (κ2) is 31.2. The summed E-state index contributed by atoms with van der Waals surface area (Å²) in [6.45, 7) is 5.70. The second-order valence-electron chi connectivity index (χ2n) is 27.2. The summed E-state index contributed by atoms with van der Waals surface area (Å²) in [5.41, 5.74) is 16.9. The predicted molar refractivity (Wildman–Crippen MR) is 404 cm³/mol. The maximum atomic E-state index is 13.7. The second-order valence-corrected chi connectivity index (χ2v) is 27.2. The van der Waals surface area contributed by atoms with Crippen molar-refractivity contribution in [1.29, 1.82) is 0 Å². The summed E-state index contributed by atoms with van der Waals surface area (Å²) in [5.74, 6) is -0.458. The number of anilines is 4. The smallest absolute Gasteiger partial charge is 0.354 e. The molecule has 4 N–H and O–H groups in total. The third kappa shape index (κ3) is 15.8. The van der Waals surface area contributed by atoms with Crippen molar-refractivity contribution < 1.29 is 57.3 Å². The van der Waals surface area contributed by atoms with Crippen molar-refractivity contribution >= 4 is 82.0 Å². The van der Waals surface area contributed by atoms with Crippen LogP contribution in [0.3, 0.4) is 0 Å². The number of nitrogens with one attached hydrogen (secondary N) is 4. The molecule has 2 atom stereocenters. The Labute approximate surface area is 613 Å². The Bertz CT molecular complexity index is 5110. The predicted octanol–water partition coefficient (Wildman–Crippen LogP) is 13.1. The molecule has 14 rings (SSSR count). The lowest BCUT2D eigenvalue weighted by Gasteiger charge is -2.36. The number of hydrogen-bond donors (Lipinski definition) is 4. The molecule has 6 aromatic carbocycles. The maximum Gasteiger partial charge on any atom is 0.354 e. The van der Waals surface area contributed by atoms with Crippen LogP contribution in [-0.2, 0) is 79.6 Å². The van der Waals surface area contributed by atoms with Crippen molar-refractivity contribution in [3.8, 4) is 33.8 Å². The van der Waals surface area contributed by atoms with Crippen LogP contribution in [-0.4, -0.2) is 121 Å². The maximum absolute atomic E-state index is 13.7. The molecule has 0 saturated carbocycles. The lowest BCUT2D eigenvalue weighted by Crippen LogP contribution is -2.44. The van der Waals surface area contributed by atoms with E-state index in [4.69, 9.17) is 23.9 Å². The first-order valence-corrected chi connectivity index (χ1v) is 35.2. The van der Waals surface area contributed by atoms with Gasteiger partial charge in [0.25, 0.3) is 23.6 Å². The summed E-state index contributed by atoms with van der Waals surface area (Å²) in [7, 11) is 9.73. The Morgan fingerprint density at radius 2 is 0.915 bits per heavy atom. The van der Waals surface area contributed by atoms with E-state index in [1.807, 2.05) is 103 Å². The van der Waals surface area contributed by atoms with Crippen LogP contribution in [0.4, 0.5) is 28.4 Å². The van der Waals surface area contributed by atoms with Crippen molar-refractivity contribution in [2.75, 3.05) is 48.7 Å². The summed E-state index contributed by atoms with van der Waals surface area (Å²) in [6, 6.07) is 45.7. The summed E-state index contributed by atoms with van der Waals surface area (Å²) < 4.78 is 28.6. The van der Waals surface area contributed by atoms with Gasteiger partial charge in [-0.25, -0.2) is 9.59 Å². The van der Waals surface area contributed by atoms with Crippen LogP contribution >= 0.6 is 0 Å². The first-order valence-electron chi connectivity index (χ1n) is 35.2. The molecule has 23 heteroatoms. The van der Waals surface area contributed by atoms with Gasteiger partial charge in [-0.15, -0.1) is 0 Å². The quantitative estimate of drug-likeness (QED) is 0.0410. The molecule has 542 valence electrons. The topological polar surface area (TPSA) is 260 Å². The minimum atomic E-state index is -0.416. The van der Waals surface area contributed by atoms with Gasteiger partial charge in [-0.2, -0.15) is 0 Å². The number of aliphatic imine (C=N–C) groups is 1. The molecule has 4 aliphatic rings. The molecule has 0 unspecified atom stereocenters. The number of amides is 6. The van der Waals surface area contributed by atoms with Crippen molar-refractivity contribution in [3.63, 3.8) is 0 Å². The van der Waals surface area contributed by atoms with E-state index in [-0.39, 0.29) is 60.4 Å². The average Bonchev–Trinajstić information content (AvgIpc) is 1.52. The molecule has 0 bridgehead atoms. The minimum absolute atomic E-state index is 0.0415. The number of carbonyl (C=O) groups excluding carboxylic acids is 8. The highest BCUT2D eigenvalue weighted by atomic mass is 16.5. The first-order chi connectivity index (χ1) is 51.1. The average molecular weight is 1430 g/mol.